The van der Waals surface area contributed by atoms with Crippen molar-refractivity contribution in [2.45, 2.75) is 0 Å². The Morgan fingerprint density at radius 2 is 2.08 bits per heavy atom. The summed E-state index contributed by atoms with van der Waals surface area (Å²) < 4.78 is 25.3. The minimum absolute atomic E-state index is 0.0421. The average Bonchev–Trinajstić information content (AvgIpc) is 2.07. The smallest absolute Gasteiger partial charge is 0.139 e. The quantitative estimate of drug-likeness (QED) is 0.578. The molecule has 62 valence electrons. The Morgan fingerprint density at radius 1 is 1.33 bits per heavy atom. The molecule has 0 unspecified atom stereocenters. The Hall–Kier alpha value is -1.40. The molecule has 2 N–H and O–H groups in total. The van der Waals surface area contributed by atoms with Crippen LogP contribution < -0.4 is 5.73 Å². The van der Waals surface area contributed by atoms with Gasteiger partial charge in [0.15, 0.2) is 0 Å². The van der Waals surface area contributed by atoms with Gasteiger partial charge in [-0.1, -0.05) is 11.8 Å². The third kappa shape index (κ3) is 2.04. The van der Waals surface area contributed by atoms with E-state index in [1.165, 1.54) is 0 Å². The molecule has 1 aromatic carbocycles. The number of rotatable bonds is 0. The minimum atomic E-state index is -0.530. The van der Waals surface area contributed by atoms with Gasteiger partial charge in [0, 0.05) is 0 Å². The molecule has 0 amide bonds. The van der Waals surface area contributed by atoms with Crippen molar-refractivity contribution in [3.8, 4) is 11.8 Å². The Morgan fingerprint density at radius 3 is 2.75 bits per heavy atom. The Balaban J connectivity index is 3.05. The maximum absolute atomic E-state index is 12.8. The van der Waals surface area contributed by atoms with Crippen molar-refractivity contribution in [1.82, 2.24) is 0 Å². The molecular formula is C9H7F2N. The maximum atomic E-state index is 12.8. The zero-order valence-electron chi connectivity index (χ0n) is 6.27. The van der Waals surface area contributed by atoms with E-state index in [2.05, 4.69) is 11.8 Å². The molecule has 0 radical (unpaired) electrons. The van der Waals surface area contributed by atoms with Gasteiger partial charge >= 0.3 is 0 Å². The molecular weight excluding hydrogens is 160 g/mol. The van der Waals surface area contributed by atoms with Gasteiger partial charge in [-0.25, -0.2) is 8.78 Å². The van der Waals surface area contributed by atoms with Crippen molar-refractivity contribution in [2.24, 2.45) is 5.73 Å². The van der Waals surface area contributed by atoms with Crippen molar-refractivity contribution in [3.63, 3.8) is 0 Å². The second-order valence-corrected chi connectivity index (χ2v) is 2.13. The van der Waals surface area contributed by atoms with Crippen molar-refractivity contribution < 1.29 is 8.78 Å². The van der Waals surface area contributed by atoms with Crippen molar-refractivity contribution in [2.75, 3.05) is 6.54 Å². The fraction of sp³-hybridized carbons (Fsp3) is 0.111. The molecule has 0 saturated heterocycles. The van der Waals surface area contributed by atoms with Crippen molar-refractivity contribution in [1.29, 1.82) is 0 Å². The first-order valence-electron chi connectivity index (χ1n) is 3.38. The molecule has 0 aliphatic carbocycles. The van der Waals surface area contributed by atoms with E-state index in [0.717, 1.165) is 18.2 Å². The van der Waals surface area contributed by atoms with Crippen LogP contribution in [0.1, 0.15) is 5.56 Å². The Labute approximate surface area is 69.2 Å². The second kappa shape index (κ2) is 3.84. The van der Waals surface area contributed by atoms with Gasteiger partial charge in [-0.3, -0.25) is 0 Å². The largest absolute Gasteiger partial charge is 0.320 e. The van der Waals surface area contributed by atoms with Crippen LogP contribution in [0.2, 0.25) is 0 Å². The molecule has 0 atom stereocenters. The molecule has 1 rings (SSSR count). The van der Waals surface area contributed by atoms with Gasteiger partial charge in [0.1, 0.15) is 11.6 Å². The lowest BCUT2D eigenvalue weighted by Gasteiger charge is -1.92. The maximum Gasteiger partial charge on any atom is 0.139 e. The predicted molar refractivity (Wildman–Crippen MR) is 42.3 cm³/mol. The van der Waals surface area contributed by atoms with Gasteiger partial charge in [0.2, 0.25) is 0 Å². The number of benzene rings is 1. The molecule has 3 heteroatoms. The van der Waals surface area contributed by atoms with Gasteiger partial charge in [-0.05, 0) is 18.2 Å². The molecule has 12 heavy (non-hydrogen) atoms. The van der Waals surface area contributed by atoms with E-state index >= 15 is 0 Å². The summed E-state index contributed by atoms with van der Waals surface area (Å²) in [6.45, 7) is 0.135. The van der Waals surface area contributed by atoms with E-state index in [4.69, 9.17) is 5.73 Å². The molecule has 0 aliphatic rings. The lowest BCUT2D eigenvalue weighted by atomic mass is 10.2. The lowest BCUT2D eigenvalue weighted by Crippen LogP contribution is -1.94. The highest BCUT2D eigenvalue weighted by molar-refractivity contribution is 5.35. The van der Waals surface area contributed by atoms with Crippen LogP contribution in [0.25, 0.3) is 0 Å². The van der Waals surface area contributed by atoms with Gasteiger partial charge in [-0.15, -0.1) is 0 Å². The highest BCUT2D eigenvalue weighted by atomic mass is 19.1. The van der Waals surface area contributed by atoms with Crippen LogP contribution >= 0.6 is 0 Å². The fourth-order valence-electron chi connectivity index (χ4n) is 0.740. The SMILES string of the molecule is NCC#Cc1cc(F)ccc1F. The van der Waals surface area contributed by atoms with Crippen LogP contribution in [-0.4, -0.2) is 6.54 Å². The summed E-state index contributed by atoms with van der Waals surface area (Å²) in [7, 11) is 0. The molecule has 1 aromatic rings. The zero-order chi connectivity index (χ0) is 8.97. The average molecular weight is 167 g/mol. The van der Waals surface area contributed by atoms with Gasteiger partial charge in [0.25, 0.3) is 0 Å². The number of hydrogen-bond donors (Lipinski definition) is 1. The van der Waals surface area contributed by atoms with Crippen LogP contribution in [0.4, 0.5) is 8.78 Å². The summed E-state index contributed by atoms with van der Waals surface area (Å²) in [4.78, 5) is 0. The van der Waals surface area contributed by atoms with E-state index in [-0.39, 0.29) is 12.1 Å². The lowest BCUT2D eigenvalue weighted by molar-refractivity contribution is 0.597. The van der Waals surface area contributed by atoms with E-state index in [1.807, 2.05) is 0 Å². The number of hydrogen-bond acceptors (Lipinski definition) is 1. The van der Waals surface area contributed by atoms with Crippen LogP contribution in [0.3, 0.4) is 0 Å². The summed E-state index contributed by atoms with van der Waals surface area (Å²) in [6, 6.07) is 3.12. The van der Waals surface area contributed by atoms with Gasteiger partial charge < -0.3 is 5.73 Å². The molecule has 0 saturated carbocycles. The first kappa shape index (κ1) is 8.69. The third-order valence-corrected chi connectivity index (χ3v) is 1.25. The monoisotopic (exact) mass is 167 g/mol. The van der Waals surface area contributed by atoms with E-state index in [1.54, 1.807) is 0 Å². The summed E-state index contributed by atoms with van der Waals surface area (Å²) in [5, 5.41) is 0. The highest BCUT2D eigenvalue weighted by Gasteiger charge is 1.99. The van der Waals surface area contributed by atoms with E-state index in [0.29, 0.717) is 0 Å². The van der Waals surface area contributed by atoms with Crippen LogP contribution in [0.15, 0.2) is 18.2 Å². The number of nitrogens with two attached hydrogens (primary N) is 1. The highest BCUT2D eigenvalue weighted by Crippen LogP contribution is 2.07. The molecule has 0 bridgehead atoms. The van der Waals surface area contributed by atoms with E-state index < -0.39 is 11.6 Å². The summed E-state index contributed by atoms with van der Waals surface area (Å²) in [6.07, 6.45) is 0. The van der Waals surface area contributed by atoms with Crippen LogP contribution in [0.5, 0.6) is 0 Å². The molecule has 0 heterocycles. The predicted octanol–water partition coefficient (Wildman–Crippen LogP) is 1.28. The molecule has 0 spiro atoms. The fourth-order valence-corrected chi connectivity index (χ4v) is 0.740. The Kier molecular flexibility index (Phi) is 2.78. The summed E-state index contributed by atoms with van der Waals surface area (Å²) in [5.41, 5.74) is 5.12. The number of halogens is 2. The topological polar surface area (TPSA) is 26.0 Å². The first-order chi connectivity index (χ1) is 5.74. The molecule has 0 aliphatic heterocycles. The van der Waals surface area contributed by atoms with Crippen molar-refractivity contribution in [3.05, 3.63) is 35.4 Å². The first-order valence-corrected chi connectivity index (χ1v) is 3.38. The molecule has 0 fully saturated rings. The Bertz CT molecular complexity index is 336. The van der Waals surface area contributed by atoms with Crippen LogP contribution in [0, 0.1) is 23.5 Å². The van der Waals surface area contributed by atoms with Crippen molar-refractivity contribution >= 4 is 0 Å². The normalized spacial score (nSPS) is 8.92. The standard InChI is InChI=1S/C9H7F2N/c10-8-3-4-9(11)7(6-8)2-1-5-12/h3-4,6H,5,12H2. The summed E-state index contributed by atoms with van der Waals surface area (Å²) >= 11 is 0. The van der Waals surface area contributed by atoms with E-state index in [9.17, 15) is 8.78 Å². The minimum Gasteiger partial charge on any atom is -0.320 e. The molecule has 1 nitrogen and oxygen atoms in total. The van der Waals surface area contributed by atoms with Crippen LogP contribution in [-0.2, 0) is 0 Å². The van der Waals surface area contributed by atoms with Gasteiger partial charge in [0.05, 0.1) is 12.1 Å². The second-order valence-electron chi connectivity index (χ2n) is 2.13. The molecule has 0 aromatic heterocycles. The van der Waals surface area contributed by atoms with Gasteiger partial charge in [-0.2, -0.15) is 0 Å². The third-order valence-electron chi connectivity index (χ3n) is 1.25. The zero-order valence-corrected chi connectivity index (χ0v) is 6.27. The summed E-state index contributed by atoms with van der Waals surface area (Å²) in [5.74, 6) is 3.83.